The van der Waals surface area contributed by atoms with Gasteiger partial charge in [-0.1, -0.05) is 0 Å². The molecule has 0 aromatic carbocycles. The molecule has 2 nitrogen and oxygen atoms in total. The van der Waals surface area contributed by atoms with Gasteiger partial charge in [0.1, 0.15) is 6.17 Å². The lowest BCUT2D eigenvalue weighted by Crippen LogP contribution is -2.25. The zero-order chi connectivity index (χ0) is 6.69. The molecule has 0 bridgehead atoms. The first-order valence-electron chi connectivity index (χ1n) is 3.19. The molecule has 54 valence electrons. The summed E-state index contributed by atoms with van der Waals surface area (Å²) in [5.41, 5.74) is 0. The van der Waals surface area contributed by atoms with E-state index in [0.29, 0.717) is 19.6 Å². The van der Waals surface area contributed by atoms with Crippen LogP contribution in [0.25, 0.3) is 0 Å². The Morgan fingerprint density at radius 1 is 1.78 bits per heavy atom. The van der Waals surface area contributed by atoms with Crippen LogP contribution in [0.4, 0.5) is 4.39 Å². The molecular formula is C6H12FNO. The van der Waals surface area contributed by atoms with Gasteiger partial charge < -0.3 is 10.1 Å². The quantitative estimate of drug-likeness (QED) is 0.586. The van der Waals surface area contributed by atoms with Crippen molar-refractivity contribution < 1.29 is 9.13 Å². The fourth-order valence-corrected chi connectivity index (χ4v) is 1.10. The van der Waals surface area contributed by atoms with E-state index in [-0.39, 0.29) is 6.04 Å². The lowest BCUT2D eigenvalue weighted by Gasteiger charge is -2.05. The Hall–Kier alpha value is -0.150. The Morgan fingerprint density at radius 3 is 3.00 bits per heavy atom. The average Bonchev–Trinajstić information content (AvgIpc) is 2.17. The Kier molecular flexibility index (Phi) is 2.42. The summed E-state index contributed by atoms with van der Waals surface area (Å²) in [4.78, 5) is 0. The zero-order valence-corrected chi connectivity index (χ0v) is 5.56. The van der Waals surface area contributed by atoms with Crippen molar-refractivity contribution in [2.24, 2.45) is 0 Å². The van der Waals surface area contributed by atoms with Crippen LogP contribution >= 0.6 is 0 Å². The van der Waals surface area contributed by atoms with Gasteiger partial charge >= 0.3 is 0 Å². The van der Waals surface area contributed by atoms with Gasteiger partial charge in [0.05, 0.1) is 6.61 Å². The van der Waals surface area contributed by atoms with Gasteiger partial charge in [0, 0.05) is 19.7 Å². The summed E-state index contributed by atoms with van der Waals surface area (Å²) in [5.74, 6) is 0. The molecule has 3 heteroatoms. The Bertz CT molecular complexity index is 87.1. The minimum absolute atomic E-state index is 0.241. The maximum absolute atomic E-state index is 12.4. The fourth-order valence-electron chi connectivity index (χ4n) is 1.10. The van der Waals surface area contributed by atoms with Gasteiger partial charge in [0.15, 0.2) is 0 Å². The van der Waals surface area contributed by atoms with Crippen LogP contribution in [0.15, 0.2) is 0 Å². The zero-order valence-electron chi connectivity index (χ0n) is 5.56. The van der Waals surface area contributed by atoms with Gasteiger partial charge in [-0.3, -0.25) is 0 Å². The van der Waals surface area contributed by atoms with Crippen molar-refractivity contribution in [2.75, 3.05) is 20.3 Å². The van der Waals surface area contributed by atoms with Crippen molar-refractivity contribution >= 4 is 0 Å². The van der Waals surface area contributed by atoms with Gasteiger partial charge in [-0.25, -0.2) is 4.39 Å². The van der Waals surface area contributed by atoms with E-state index in [9.17, 15) is 4.39 Å². The van der Waals surface area contributed by atoms with E-state index in [0.717, 1.165) is 0 Å². The molecule has 1 N–H and O–H groups in total. The molecular weight excluding hydrogens is 121 g/mol. The third kappa shape index (κ3) is 1.91. The third-order valence-electron chi connectivity index (χ3n) is 1.54. The standard InChI is InChI=1S/C6H12FNO/c1-9-4-6-2-5(7)3-8-6/h5-6,8H,2-4H2,1H3/t5-,6-/m0/s1. The molecule has 1 heterocycles. The van der Waals surface area contributed by atoms with Crippen LogP contribution in [0.2, 0.25) is 0 Å². The molecule has 0 aromatic rings. The monoisotopic (exact) mass is 133 g/mol. The van der Waals surface area contributed by atoms with Crippen molar-refractivity contribution in [3.8, 4) is 0 Å². The molecule has 0 aliphatic carbocycles. The number of alkyl halides is 1. The molecule has 2 atom stereocenters. The minimum Gasteiger partial charge on any atom is -0.383 e. The number of rotatable bonds is 2. The summed E-state index contributed by atoms with van der Waals surface area (Å²) in [6.45, 7) is 1.12. The van der Waals surface area contributed by atoms with E-state index < -0.39 is 6.17 Å². The normalized spacial score (nSPS) is 35.3. The summed E-state index contributed by atoms with van der Waals surface area (Å²) in [6, 6.07) is 0.241. The maximum atomic E-state index is 12.4. The second-order valence-electron chi connectivity index (χ2n) is 2.39. The highest BCUT2D eigenvalue weighted by Crippen LogP contribution is 2.09. The first-order valence-corrected chi connectivity index (χ1v) is 3.19. The van der Waals surface area contributed by atoms with Gasteiger partial charge in [-0.05, 0) is 6.42 Å². The highest BCUT2D eigenvalue weighted by Gasteiger charge is 2.22. The van der Waals surface area contributed by atoms with Gasteiger partial charge in [-0.2, -0.15) is 0 Å². The van der Waals surface area contributed by atoms with Gasteiger partial charge in [0.2, 0.25) is 0 Å². The number of methoxy groups -OCH3 is 1. The molecule has 1 aliphatic heterocycles. The van der Waals surface area contributed by atoms with Crippen molar-refractivity contribution in [1.82, 2.24) is 5.32 Å². The lowest BCUT2D eigenvalue weighted by atomic mass is 10.2. The van der Waals surface area contributed by atoms with Crippen LogP contribution in [0.5, 0.6) is 0 Å². The predicted octanol–water partition coefficient (Wildman–Crippen LogP) is 0.333. The summed E-state index contributed by atoms with van der Waals surface area (Å²) in [6.07, 6.45) is -0.0569. The number of nitrogens with one attached hydrogen (secondary N) is 1. The maximum Gasteiger partial charge on any atom is 0.114 e. The van der Waals surface area contributed by atoms with Crippen molar-refractivity contribution in [2.45, 2.75) is 18.6 Å². The highest BCUT2D eigenvalue weighted by molar-refractivity contribution is 4.80. The van der Waals surface area contributed by atoms with Crippen LogP contribution < -0.4 is 5.32 Å². The Balaban J connectivity index is 2.14. The molecule has 0 amide bonds. The van der Waals surface area contributed by atoms with Crippen LogP contribution in [-0.2, 0) is 4.74 Å². The largest absolute Gasteiger partial charge is 0.383 e. The summed E-state index contributed by atoms with van der Waals surface area (Å²) in [7, 11) is 1.63. The molecule has 1 rings (SSSR count). The molecule has 0 unspecified atom stereocenters. The topological polar surface area (TPSA) is 21.3 Å². The van der Waals surface area contributed by atoms with Gasteiger partial charge in [-0.15, -0.1) is 0 Å². The number of hydrogen-bond acceptors (Lipinski definition) is 2. The smallest absolute Gasteiger partial charge is 0.114 e. The molecule has 0 radical (unpaired) electrons. The molecule has 0 saturated carbocycles. The van der Waals surface area contributed by atoms with Crippen LogP contribution in [0.3, 0.4) is 0 Å². The van der Waals surface area contributed by atoms with E-state index in [4.69, 9.17) is 4.74 Å². The minimum atomic E-state index is -0.662. The highest BCUT2D eigenvalue weighted by atomic mass is 19.1. The molecule has 9 heavy (non-hydrogen) atoms. The van der Waals surface area contributed by atoms with Gasteiger partial charge in [0.25, 0.3) is 0 Å². The fraction of sp³-hybridized carbons (Fsp3) is 1.00. The van der Waals surface area contributed by atoms with E-state index in [1.165, 1.54) is 0 Å². The van der Waals surface area contributed by atoms with E-state index in [2.05, 4.69) is 5.32 Å². The Morgan fingerprint density at radius 2 is 2.56 bits per heavy atom. The van der Waals surface area contributed by atoms with E-state index in [1.54, 1.807) is 7.11 Å². The first kappa shape index (κ1) is 6.96. The summed E-state index contributed by atoms with van der Waals surface area (Å²) < 4.78 is 17.2. The molecule has 0 spiro atoms. The van der Waals surface area contributed by atoms with E-state index >= 15 is 0 Å². The summed E-state index contributed by atoms with van der Waals surface area (Å²) in [5, 5.41) is 3.01. The Labute approximate surface area is 54.4 Å². The second-order valence-corrected chi connectivity index (χ2v) is 2.39. The van der Waals surface area contributed by atoms with Crippen LogP contribution in [0.1, 0.15) is 6.42 Å². The second kappa shape index (κ2) is 3.13. The lowest BCUT2D eigenvalue weighted by molar-refractivity contribution is 0.171. The third-order valence-corrected chi connectivity index (χ3v) is 1.54. The average molecular weight is 133 g/mol. The number of halogens is 1. The molecule has 1 fully saturated rings. The molecule has 0 aromatic heterocycles. The first-order chi connectivity index (χ1) is 4.33. The molecule has 1 aliphatic rings. The van der Waals surface area contributed by atoms with E-state index in [1.807, 2.05) is 0 Å². The number of ether oxygens (including phenoxy) is 1. The van der Waals surface area contributed by atoms with Crippen LogP contribution in [0, 0.1) is 0 Å². The van der Waals surface area contributed by atoms with Crippen molar-refractivity contribution in [1.29, 1.82) is 0 Å². The van der Waals surface area contributed by atoms with Crippen molar-refractivity contribution in [3.63, 3.8) is 0 Å². The summed E-state index contributed by atoms with van der Waals surface area (Å²) >= 11 is 0. The van der Waals surface area contributed by atoms with Crippen molar-refractivity contribution in [3.05, 3.63) is 0 Å². The molecule has 1 saturated heterocycles. The SMILES string of the molecule is COC[C@@H]1C[C@H](F)CN1. The number of hydrogen-bond donors (Lipinski definition) is 1. The van der Waals surface area contributed by atoms with Crippen LogP contribution in [-0.4, -0.2) is 32.5 Å². The predicted molar refractivity (Wildman–Crippen MR) is 33.2 cm³/mol.